The van der Waals surface area contributed by atoms with Gasteiger partial charge in [-0.05, 0) is 77.0 Å². The molecule has 0 aromatic heterocycles. The lowest BCUT2D eigenvalue weighted by Crippen LogP contribution is -2.34. The molecule has 0 amide bonds. The summed E-state index contributed by atoms with van der Waals surface area (Å²) in [5, 5.41) is 8.88. The highest BCUT2D eigenvalue weighted by atomic mass is 31.2. The lowest BCUT2D eigenvalue weighted by molar-refractivity contribution is -0.154. The normalized spacial score (nSPS) is 14.5. The number of aliphatic carboxylic acids is 1. The van der Waals surface area contributed by atoms with Gasteiger partial charge in [-0.15, -0.1) is 0 Å². The van der Waals surface area contributed by atoms with Gasteiger partial charge in [0.2, 0.25) is 0 Å². The first kappa shape index (κ1) is 50.9. The zero-order chi connectivity index (χ0) is 39.1. The number of hydrogen-bond acceptors (Lipinski definition) is 8. The molecule has 0 saturated heterocycles. The van der Waals surface area contributed by atoms with E-state index in [0.29, 0.717) is 13.0 Å². The van der Waals surface area contributed by atoms with Crippen LogP contribution in [0.5, 0.6) is 0 Å². The zero-order valence-corrected chi connectivity index (χ0v) is 34.2. The third-order valence-corrected chi connectivity index (χ3v) is 9.53. The molecule has 4 N–H and O–H groups in total. The van der Waals surface area contributed by atoms with Gasteiger partial charge >= 0.3 is 19.8 Å². The Hall–Kier alpha value is -2.07. The van der Waals surface area contributed by atoms with Gasteiger partial charge < -0.3 is 25.2 Å². The van der Waals surface area contributed by atoms with E-state index in [4.69, 9.17) is 29.4 Å². The minimum Gasteiger partial charge on any atom is -0.480 e. The number of nitrogens with two attached hydrogens (primary N) is 1. The highest BCUT2D eigenvalue weighted by Gasteiger charge is 2.27. The molecule has 0 saturated carbocycles. The van der Waals surface area contributed by atoms with Crippen LogP contribution in [0, 0.1) is 0 Å². The van der Waals surface area contributed by atoms with Crippen LogP contribution in [0.15, 0.2) is 48.6 Å². The van der Waals surface area contributed by atoms with E-state index >= 15 is 0 Å². The van der Waals surface area contributed by atoms with Crippen LogP contribution >= 0.6 is 7.82 Å². The second-order valence-electron chi connectivity index (χ2n) is 13.8. The number of rotatable bonds is 39. The van der Waals surface area contributed by atoms with Crippen molar-refractivity contribution < 1.29 is 42.7 Å². The summed E-state index contributed by atoms with van der Waals surface area (Å²) >= 11 is 0. The van der Waals surface area contributed by atoms with Crippen LogP contribution in [0.1, 0.15) is 168 Å². The molecule has 0 radical (unpaired) electrons. The van der Waals surface area contributed by atoms with Crippen molar-refractivity contribution in [2.45, 2.75) is 180 Å². The zero-order valence-electron chi connectivity index (χ0n) is 33.3. The molecule has 10 nitrogen and oxygen atoms in total. The Morgan fingerprint density at radius 3 is 1.53 bits per heavy atom. The van der Waals surface area contributed by atoms with E-state index in [9.17, 15) is 19.0 Å². The van der Waals surface area contributed by atoms with Crippen molar-refractivity contribution in [3.05, 3.63) is 48.6 Å². The number of carboxylic acid groups (broad SMARTS) is 1. The molecule has 0 heterocycles. The largest absolute Gasteiger partial charge is 0.480 e. The van der Waals surface area contributed by atoms with Gasteiger partial charge in [0.15, 0.2) is 0 Å². The monoisotopic (exact) mass is 770 g/mol. The van der Waals surface area contributed by atoms with Gasteiger partial charge in [-0.1, -0.05) is 133 Å². The van der Waals surface area contributed by atoms with Crippen LogP contribution in [0.4, 0.5) is 0 Å². The number of carboxylic acids is 1. The predicted molar refractivity (Wildman–Crippen MR) is 217 cm³/mol. The maximum absolute atomic E-state index is 12.6. The molecule has 0 rings (SSSR count). The first-order chi connectivity index (χ1) is 25.7. The number of hydrogen-bond donors (Lipinski definition) is 3. The standard InChI is InChI=1S/C42H76NO9P/c1-3-5-7-9-11-13-15-17-19-21-23-25-27-29-31-33-35-49-36-39(37-50-53(47,48)51-38-40(43)42(45)46)52-41(44)34-32-30-28-26-24-22-20-18-16-14-12-10-8-6-4-2/h11-14,17-20,39-40H,3-10,15-16,21-38,43H2,1-2H3,(H,45,46)(H,47,48)/b13-11-,14-12-,19-17-,20-18-. The summed E-state index contributed by atoms with van der Waals surface area (Å²) in [7, 11) is -4.62. The molecular formula is C42H76NO9P. The smallest absolute Gasteiger partial charge is 0.472 e. The Kier molecular flexibility index (Phi) is 36.7. The van der Waals surface area contributed by atoms with Crippen molar-refractivity contribution in [1.82, 2.24) is 0 Å². The predicted octanol–water partition coefficient (Wildman–Crippen LogP) is 11.1. The molecule has 0 spiro atoms. The first-order valence-corrected chi connectivity index (χ1v) is 22.2. The fourth-order valence-corrected chi connectivity index (χ4v) is 6.09. The molecule has 0 aliphatic rings. The Bertz CT molecular complexity index is 1030. The first-order valence-electron chi connectivity index (χ1n) is 20.7. The summed E-state index contributed by atoms with van der Waals surface area (Å²) in [6.07, 6.45) is 43.0. The second-order valence-corrected chi connectivity index (χ2v) is 15.2. The van der Waals surface area contributed by atoms with Crippen molar-refractivity contribution in [2.75, 3.05) is 26.4 Å². The highest BCUT2D eigenvalue weighted by molar-refractivity contribution is 7.47. The van der Waals surface area contributed by atoms with Gasteiger partial charge in [-0.2, -0.15) is 0 Å². The van der Waals surface area contributed by atoms with E-state index < -0.39 is 45.1 Å². The molecule has 0 aromatic rings. The summed E-state index contributed by atoms with van der Waals surface area (Å²) in [5.41, 5.74) is 5.34. The number of phosphoric acid groups is 1. The number of ether oxygens (including phenoxy) is 2. The van der Waals surface area contributed by atoms with E-state index in [1.807, 2.05) is 0 Å². The van der Waals surface area contributed by atoms with Crippen molar-refractivity contribution >= 4 is 19.8 Å². The Morgan fingerprint density at radius 1 is 0.604 bits per heavy atom. The van der Waals surface area contributed by atoms with Gasteiger partial charge in [-0.25, -0.2) is 4.57 Å². The van der Waals surface area contributed by atoms with Gasteiger partial charge in [-0.3, -0.25) is 18.6 Å². The molecule has 3 unspecified atom stereocenters. The summed E-state index contributed by atoms with van der Waals surface area (Å²) in [5.74, 6) is -1.80. The molecule has 11 heteroatoms. The maximum Gasteiger partial charge on any atom is 0.472 e. The number of unbranched alkanes of at least 4 members (excludes halogenated alkanes) is 17. The fraction of sp³-hybridized carbons (Fsp3) is 0.762. The number of allylic oxidation sites excluding steroid dienone is 8. The van der Waals surface area contributed by atoms with Crippen LogP contribution in [-0.2, 0) is 32.7 Å². The quantitative estimate of drug-likeness (QED) is 0.0238. The Balaban J connectivity index is 4.32. The molecule has 0 fully saturated rings. The molecule has 3 atom stereocenters. The van der Waals surface area contributed by atoms with Gasteiger partial charge in [0.05, 0.1) is 19.8 Å². The fourth-order valence-electron chi connectivity index (χ4n) is 5.31. The van der Waals surface area contributed by atoms with Crippen molar-refractivity contribution in [1.29, 1.82) is 0 Å². The summed E-state index contributed by atoms with van der Waals surface area (Å²) < 4.78 is 33.3. The lowest BCUT2D eigenvalue weighted by Gasteiger charge is -2.20. The molecule has 0 bridgehead atoms. The van der Waals surface area contributed by atoms with Crippen LogP contribution in [0.3, 0.4) is 0 Å². The number of carbonyl (C=O) groups excluding carboxylic acids is 1. The molecular weight excluding hydrogens is 693 g/mol. The van der Waals surface area contributed by atoms with Crippen molar-refractivity contribution in [3.63, 3.8) is 0 Å². The van der Waals surface area contributed by atoms with Gasteiger partial charge in [0.25, 0.3) is 0 Å². The second kappa shape index (κ2) is 38.2. The number of esters is 1. The van der Waals surface area contributed by atoms with Crippen LogP contribution < -0.4 is 5.73 Å². The number of carbonyl (C=O) groups is 2. The molecule has 0 aromatic carbocycles. The third kappa shape index (κ3) is 38.0. The molecule has 53 heavy (non-hydrogen) atoms. The molecule has 308 valence electrons. The van der Waals surface area contributed by atoms with Gasteiger partial charge in [0, 0.05) is 13.0 Å². The van der Waals surface area contributed by atoms with E-state index in [0.717, 1.165) is 70.6 Å². The summed E-state index contributed by atoms with van der Waals surface area (Å²) in [6, 6.07) is -1.48. The van der Waals surface area contributed by atoms with E-state index in [2.05, 4.69) is 62.5 Å². The van der Waals surface area contributed by atoms with Gasteiger partial charge in [0.1, 0.15) is 12.1 Å². The van der Waals surface area contributed by atoms with Crippen LogP contribution in [0.25, 0.3) is 0 Å². The average molecular weight is 770 g/mol. The Labute approximate surface area is 322 Å². The van der Waals surface area contributed by atoms with E-state index in [-0.39, 0.29) is 13.0 Å². The van der Waals surface area contributed by atoms with Crippen molar-refractivity contribution in [3.8, 4) is 0 Å². The lowest BCUT2D eigenvalue weighted by atomic mass is 10.1. The summed E-state index contributed by atoms with van der Waals surface area (Å²) in [6.45, 7) is 3.77. The minimum absolute atomic E-state index is 0.00279. The van der Waals surface area contributed by atoms with Crippen LogP contribution in [-0.4, -0.2) is 60.5 Å². The maximum atomic E-state index is 12.6. The minimum atomic E-state index is -4.62. The molecule has 0 aliphatic heterocycles. The summed E-state index contributed by atoms with van der Waals surface area (Å²) in [4.78, 5) is 33.5. The SMILES string of the molecule is CCCCC/C=C\C/C=C\CCCCCCCCOCC(COP(=O)(O)OCC(N)C(=O)O)OC(=O)CCCCCCC/C=C\C/C=C\CCCCC. The van der Waals surface area contributed by atoms with Crippen molar-refractivity contribution in [2.24, 2.45) is 5.73 Å². The highest BCUT2D eigenvalue weighted by Crippen LogP contribution is 2.43. The van der Waals surface area contributed by atoms with E-state index in [1.165, 1.54) is 70.6 Å². The number of phosphoric ester groups is 1. The van der Waals surface area contributed by atoms with Crippen LogP contribution in [0.2, 0.25) is 0 Å². The third-order valence-electron chi connectivity index (χ3n) is 8.58. The topological polar surface area (TPSA) is 155 Å². The van der Waals surface area contributed by atoms with E-state index in [1.54, 1.807) is 0 Å². The Morgan fingerprint density at radius 2 is 1.04 bits per heavy atom. The molecule has 0 aliphatic carbocycles. The average Bonchev–Trinajstić information content (AvgIpc) is 3.13.